The molecule has 0 aromatic heterocycles. The molecular formula is C10H17N3O2. The van der Waals surface area contributed by atoms with E-state index in [0.29, 0.717) is 0 Å². The molecule has 1 amide bonds. The molecule has 15 heavy (non-hydrogen) atoms. The number of nitrogens with one attached hydrogen (secondary N) is 1. The molecular weight excluding hydrogens is 194 g/mol. The highest BCUT2D eigenvalue weighted by atomic mass is 16.5. The summed E-state index contributed by atoms with van der Waals surface area (Å²) in [5, 5.41) is 10.7. The molecule has 1 aliphatic rings. The van der Waals surface area contributed by atoms with E-state index in [1.807, 2.05) is 6.07 Å². The second-order valence-corrected chi connectivity index (χ2v) is 3.73. The number of nitrogens with two attached hydrogens (primary N) is 1. The minimum Gasteiger partial charge on any atom is -0.367 e. The largest absolute Gasteiger partial charge is 0.367 e. The Morgan fingerprint density at radius 1 is 1.53 bits per heavy atom. The van der Waals surface area contributed by atoms with Gasteiger partial charge in [0.15, 0.2) is 0 Å². The Kier molecular flexibility index (Phi) is 5.08. The molecule has 0 saturated heterocycles. The number of hydrogen-bond acceptors (Lipinski definition) is 4. The van der Waals surface area contributed by atoms with Gasteiger partial charge in [-0.2, -0.15) is 5.26 Å². The van der Waals surface area contributed by atoms with E-state index in [-0.39, 0.29) is 31.2 Å². The van der Waals surface area contributed by atoms with Gasteiger partial charge < -0.3 is 15.8 Å². The predicted molar refractivity (Wildman–Crippen MR) is 54.8 cm³/mol. The van der Waals surface area contributed by atoms with Crippen molar-refractivity contribution in [2.75, 3.05) is 13.2 Å². The fourth-order valence-electron chi connectivity index (χ4n) is 1.70. The van der Waals surface area contributed by atoms with Crippen LogP contribution in [0.1, 0.15) is 25.7 Å². The summed E-state index contributed by atoms with van der Waals surface area (Å²) in [4.78, 5) is 11.1. The summed E-state index contributed by atoms with van der Waals surface area (Å²) >= 11 is 0. The molecule has 0 aromatic rings. The molecule has 2 atom stereocenters. The first-order chi connectivity index (χ1) is 7.24. The number of amides is 1. The minimum atomic E-state index is -0.255. The monoisotopic (exact) mass is 211 g/mol. The Balaban J connectivity index is 2.18. The summed E-state index contributed by atoms with van der Waals surface area (Å²) in [6.45, 7) is 0.0267. The lowest BCUT2D eigenvalue weighted by molar-refractivity contribution is -0.128. The van der Waals surface area contributed by atoms with Crippen LogP contribution in [-0.4, -0.2) is 31.2 Å². The van der Waals surface area contributed by atoms with Crippen LogP contribution in [0.4, 0.5) is 0 Å². The molecule has 0 radical (unpaired) electrons. The van der Waals surface area contributed by atoms with Crippen LogP contribution in [0.2, 0.25) is 0 Å². The molecule has 0 spiro atoms. The number of hydrogen-bond donors (Lipinski definition) is 2. The first kappa shape index (κ1) is 12.0. The van der Waals surface area contributed by atoms with Crippen LogP contribution in [0.5, 0.6) is 0 Å². The zero-order valence-electron chi connectivity index (χ0n) is 8.74. The van der Waals surface area contributed by atoms with Crippen LogP contribution in [0.25, 0.3) is 0 Å². The van der Waals surface area contributed by atoms with E-state index in [1.165, 1.54) is 0 Å². The summed E-state index contributed by atoms with van der Waals surface area (Å²) in [5.74, 6) is -0.255. The normalized spacial score (nSPS) is 25.6. The lowest BCUT2D eigenvalue weighted by Crippen LogP contribution is -2.41. The standard InChI is InChI=1S/C10H17N3O2/c11-5-6-13-10(14)7-15-9-4-2-1-3-8(9)12/h8-9H,1-4,6-7,12H2,(H,13,14). The summed E-state index contributed by atoms with van der Waals surface area (Å²) in [7, 11) is 0. The number of carbonyl (C=O) groups is 1. The van der Waals surface area contributed by atoms with Crippen LogP contribution in [0.3, 0.4) is 0 Å². The van der Waals surface area contributed by atoms with Gasteiger partial charge in [-0.3, -0.25) is 4.79 Å². The molecule has 1 saturated carbocycles. The van der Waals surface area contributed by atoms with Gasteiger partial charge in [0, 0.05) is 6.04 Å². The fourth-order valence-corrected chi connectivity index (χ4v) is 1.70. The first-order valence-electron chi connectivity index (χ1n) is 5.25. The summed E-state index contributed by atoms with van der Waals surface area (Å²) in [5.41, 5.74) is 5.86. The molecule has 0 bridgehead atoms. The maximum atomic E-state index is 11.1. The third-order valence-corrected chi connectivity index (χ3v) is 2.55. The van der Waals surface area contributed by atoms with Crippen molar-refractivity contribution in [3.8, 4) is 6.07 Å². The SMILES string of the molecule is N#CCNC(=O)COC1CCCCC1N. The molecule has 0 aliphatic heterocycles. The predicted octanol–water partition coefficient (Wildman–Crippen LogP) is -0.0873. The summed E-state index contributed by atoms with van der Waals surface area (Å²) in [6.07, 6.45) is 4.13. The quantitative estimate of drug-likeness (QED) is 0.636. The highest BCUT2D eigenvalue weighted by Gasteiger charge is 2.22. The van der Waals surface area contributed by atoms with Crippen LogP contribution >= 0.6 is 0 Å². The Bertz CT molecular complexity index is 250. The van der Waals surface area contributed by atoms with E-state index in [0.717, 1.165) is 25.7 Å². The van der Waals surface area contributed by atoms with E-state index in [2.05, 4.69) is 5.32 Å². The highest BCUT2D eigenvalue weighted by molar-refractivity contribution is 5.77. The number of ether oxygens (including phenoxy) is 1. The molecule has 5 nitrogen and oxygen atoms in total. The maximum Gasteiger partial charge on any atom is 0.246 e. The van der Waals surface area contributed by atoms with Crippen molar-refractivity contribution in [2.24, 2.45) is 5.73 Å². The van der Waals surface area contributed by atoms with Gasteiger partial charge >= 0.3 is 0 Å². The lowest BCUT2D eigenvalue weighted by Gasteiger charge is -2.28. The highest BCUT2D eigenvalue weighted by Crippen LogP contribution is 2.19. The Hall–Kier alpha value is -1.12. The maximum absolute atomic E-state index is 11.1. The van der Waals surface area contributed by atoms with Crippen LogP contribution in [0.15, 0.2) is 0 Å². The molecule has 3 N–H and O–H groups in total. The van der Waals surface area contributed by atoms with Crippen LogP contribution in [-0.2, 0) is 9.53 Å². The second kappa shape index (κ2) is 6.38. The first-order valence-corrected chi connectivity index (χ1v) is 5.25. The van der Waals surface area contributed by atoms with Gasteiger partial charge in [0.2, 0.25) is 5.91 Å². The Morgan fingerprint density at radius 2 is 2.27 bits per heavy atom. The third-order valence-electron chi connectivity index (χ3n) is 2.55. The zero-order valence-corrected chi connectivity index (χ0v) is 8.74. The van der Waals surface area contributed by atoms with E-state index in [4.69, 9.17) is 15.7 Å². The molecule has 1 fully saturated rings. The molecule has 84 valence electrons. The van der Waals surface area contributed by atoms with E-state index >= 15 is 0 Å². The van der Waals surface area contributed by atoms with Crippen LogP contribution in [0, 0.1) is 11.3 Å². The number of carbonyl (C=O) groups excluding carboxylic acids is 1. The van der Waals surface area contributed by atoms with Gasteiger partial charge in [-0.25, -0.2) is 0 Å². The number of nitriles is 1. The average molecular weight is 211 g/mol. The van der Waals surface area contributed by atoms with Gasteiger partial charge in [0.25, 0.3) is 0 Å². The topological polar surface area (TPSA) is 88.1 Å². The fraction of sp³-hybridized carbons (Fsp3) is 0.800. The van der Waals surface area contributed by atoms with Crippen molar-refractivity contribution in [3.63, 3.8) is 0 Å². The van der Waals surface area contributed by atoms with Crippen molar-refractivity contribution in [1.29, 1.82) is 5.26 Å². The smallest absolute Gasteiger partial charge is 0.246 e. The molecule has 1 rings (SSSR count). The van der Waals surface area contributed by atoms with Crippen molar-refractivity contribution in [1.82, 2.24) is 5.32 Å². The molecule has 5 heteroatoms. The van der Waals surface area contributed by atoms with Crippen molar-refractivity contribution in [2.45, 2.75) is 37.8 Å². The summed E-state index contributed by atoms with van der Waals surface area (Å²) < 4.78 is 5.41. The van der Waals surface area contributed by atoms with Gasteiger partial charge in [-0.05, 0) is 12.8 Å². The minimum absolute atomic E-state index is 0.0000463. The second-order valence-electron chi connectivity index (χ2n) is 3.73. The van der Waals surface area contributed by atoms with Crippen molar-refractivity contribution >= 4 is 5.91 Å². The van der Waals surface area contributed by atoms with Crippen molar-refractivity contribution in [3.05, 3.63) is 0 Å². The number of rotatable bonds is 4. The van der Waals surface area contributed by atoms with Crippen LogP contribution < -0.4 is 11.1 Å². The van der Waals surface area contributed by atoms with E-state index in [1.54, 1.807) is 0 Å². The molecule has 1 aliphatic carbocycles. The summed E-state index contributed by atoms with van der Waals surface area (Å²) in [6, 6.07) is 1.88. The third kappa shape index (κ3) is 4.28. The van der Waals surface area contributed by atoms with E-state index < -0.39 is 0 Å². The lowest BCUT2D eigenvalue weighted by atomic mass is 9.93. The number of nitrogens with zero attached hydrogens (tertiary/aromatic N) is 1. The zero-order chi connectivity index (χ0) is 11.1. The molecule has 2 unspecified atom stereocenters. The van der Waals surface area contributed by atoms with Gasteiger partial charge in [-0.1, -0.05) is 12.8 Å². The Labute approximate surface area is 89.6 Å². The van der Waals surface area contributed by atoms with Gasteiger partial charge in [0.05, 0.1) is 12.2 Å². The Morgan fingerprint density at radius 3 is 2.93 bits per heavy atom. The van der Waals surface area contributed by atoms with Crippen molar-refractivity contribution < 1.29 is 9.53 Å². The average Bonchev–Trinajstić information content (AvgIpc) is 2.25. The van der Waals surface area contributed by atoms with Gasteiger partial charge in [0.1, 0.15) is 13.2 Å². The molecule has 0 aromatic carbocycles. The van der Waals surface area contributed by atoms with E-state index in [9.17, 15) is 4.79 Å². The molecule has 0 heterocycles. The van der Waals surface area contributed by atoms with Gasteiger partial charge in [-0.15, -0.1) is 0 Å².